The summed E-state index contributed by atoms with van der Waals surface area (Å²) in [5.41, 5.74) is 0.244. The van der Waals surface area contributed by atoms with Gasteiger partial charge in [0.1, 0.15) is 5.82 Å². The van der Waals surface area contributed by atoms with E-state index in [2.05, 4.69) is 31.2 Å². The lowest BCUT2D eigenvalue weighted by molar-refractivity contribution is 0.102. The van der Waals surface area contributed by atoms with Crippen molar-refractivity contribution < 1.29 is 13.6 Å². The molecule has 7 heteroatoms. The summed E-state index contributed by atoms with van der Waals surface area (Å²) in [6, 6.07) is 4.34. The molecule has 1 amide bonds. The Bertz CT molecular complexity index is 649. The number of nitrogens with one attached hydrogen (secondary N) is 1. The Labute approximate surface area is 116 Å². The highest BCUT2D eigenvalue weighted by Gasteiger charge is 2.16. The number of nitrogens with zero attached hydrogens (tertiary/aromatic N) is 2. The van der Waals surface area contributed by atoms with E-state index in [1.165, 1.54) is 0 Å². The van der Waals surface area contributed by atoms with Gasteiger partial charge in [-0.25, -0.2) is 14.4 Å². The van der Waals surface area contributed by atoms with Crippen molar-refractivity contribution in [3.8, 4) is 0 Å². The van der Waals surface area contributed by atoms with Gasteiger partial charge >= 0.3 is 0 Å². The first-order valence-corrected chi connectivity index (χ1v) is 6.03. The molecule has 0 aromatic carbocycles. The molecule has 0 fully saturated rings. The molecular weight excluding hydrogens is 320 g/mol. The molecule has 2 aromatic rings. The van der Waals surface area contributed by atoms with E-state index in [0.717, 1.165) is 16.7 Å². The second kappa shape index (κ2) is 5.40. The summed E-state index contributed by atoms with van der Waals surface area (Å²) in [6.45, 7) is 1.74. The molecule has 0 aliphatic rings. The summed E-state index contributed by atoms with van der Waals surface area (Å²) < 4.78 is 27.1. The molecule has 0 radical (unpaired) electrons. The minimum Gasteiger partial charge on any atom is -0.306 e. The summed E-state index contributed by atoms with van der Waals surface area (Å²) in [4.78, 5) is 19.0. The zero-order valence-corrected chi connectivity index (χ0v) is 11.3. The van der Waals surface area contributed by atoms with Gasteiger partial charge in [0.05, 0.1) is 11.3 Å². The number of carbonyl (C=O) groups excluding carboxylic acids is 1. The largest absolute Gasteiger partial charge is 0.306 e. The number of halogens is 3. The third kappa shape index (κ3) is 2.93. The molecule has 0 bridgehead atoms. The van der Waals surface area contributed by atoms with Crippen molar-refractivity contribution >= 4 is 27.7 Å². The highest BCUT2D eigenvalue weighted by molar-refractivity contribution is 9.10. The molecule has 0 saturated carbocycles. The van der Waals surface area contributed by atoms with Gasteiger partial charge in [0.2, 0.25) is 5.95 Å². The Balaban J connectivity index is 2.26. The Kier molecular flexibility index (Phi) is 3.84. The molecule has 1 N–H and O–H groups in total. The Morgan fingerprint density at radius 3 is 2.74 bits per heavy atom. The van der Waals surface area contributed by atoms with Gasteiger partial charge in [0, 0.05) is 10.7 Å². The van der Waals surface area contributed by atoms with Crippen LogP contribution < -0.4 is 5.32 Å². The summed E-state index contributed by atoms with van der Waals surface area (Å²) in [5.74, 6) is -3.13. The molecule has 2 heterocycles. The van der Waals surface area contributed by atoms with Crippen LogP contribution in [0.2, 0.25) is 0 Å². The Morgan fingerprint density at radius 2 is 2.05 bits per heavy atom. The number of anilines is 1. The van der Waals surface area contributed by atoms with Crippen molar-refractivity contribution in [3.05, 3.63) is 51.9 Å². The van der Waals surface area contributed by atoms with Crippen LogP contribution in [0.15, 0.2) is 28.9 Å². The lowest BCUT2D eigenvalue weighted by atomic mass is 10.2. The van der Waals surface area contributed by atoms with Gasteiger partial charge in [-0.05, 0) is 41.1 Å². The Hall–Kier alpha value is -1.89. The van der Waals surface area contributed by atoms with Gasteiger partial charge in [0.25, 0.3) is 5.91 Å². The van der Waals surface area contributed by atoms with Crippen LogP contribution >= 0.6 is 15.9 Å². The molecule has 0 atom stereocenters. The van der Waals surface area contributed by atoms with Crippen LogP contribution in [0.3, 0.4) is 0 Å². The molecule has 2 rings (SSSR count). The number of carbonyl (C=O) groups is 1. The van der Waals surface area contributed by atoms with Crippen LogP contribution in [-0.2, 0) is 0 Å². The molecular formula is C12H8BrF2N3O. The number of rotatable bonds is 2. The predicted octanol–water partition coefficient (Wildman–Crippen LogP) is 3.08. The minimum absolute atomic E-state index is 0.252. The SMILES string of the molecule is Cc1nc(NC(=O)c2ccnc(F)c2F)ccc1Br. The fourth-order valence-corrected chi connectivity index (χ4v) is 1.61. The average molecular weight is 328 g/mol. The summed E-state index contributed by atoms with van der Waals surface area (Å²) in [6.07, 6.45) is 1.02. The van der Waals surface area contributed by atoms with Crippen LogP contribution in [0.4, 0.5) is 14.6 Å². The zero-order chi connectivity index (χ0) is 14.0. The number of hydrogen-bond acceptors (Lipinski definition) is 3. The van der Waals surface area contributed by atoms with Crippen molar-refractivity contribution in [1.82, 2.24) is 9.97 Å². The van der Waals surface area contributed by atoms with Crippen molar-refractivity contribution in [2.75, 3.05) is 5.32 Å². The predicted molar refractivity (Wildman–Crippen MR) is 68.8 cm³/mol. The second-order valence-corrected chi connectivity index (χ2v) is 4.54. The van der Waals surface area contributed by atoms with Crippen LogP contribution in [0.5, 0.6) is 0 Å². The molecule has 0 unspecified atom stereocenters. The first-order chi connectivity index (χ1) is 8.99. The number of amides is 1. The van der Waals surface area contributed by atoms with Gasteiger partial charge in [0.15, 0.2) is 5.82 Å². The van der Waals surface area contributed by atoms with E-state index in [1.54, 1.807) is 19.1 Å². The van der Waals surface area contributed by atoms with Crippen LogP contribution in [-0.4, -0.2) is 15.9 Å². The summed E-state index contributed by atoms with van der Waals surface area (Å²) in [7, 11) is 0. The van der Waals surface area contributed by atoms with Crippen molar-refractivity contribution in [2.45, 2.75) is 6.92 Å². The lowest BCUT2D eigenvalue weighted by Crippen LogP contribution is -2.16. The van der Waals surface area contributed by atoms with E-state index >= 15 is 0 Å². The summed E-state index contributed by atoms with van der Waals surface area (Å²) >= 11 is 3.27. The number of aryl methyl sites for hydroxylation is 1. The van der Waals surface area contributed by atoms with E-state index < -0.39 is 23.2 Å². The third-order valence-corrected chi connectivity index (χ3v) is 3.19. The molecule has 98 valence electrons. The van der Waals surface area contributed by atoms with Gasteiger partial charge in [-0.3, -0.25) is 4.79 Å². The molecule has 0 saturated heterocycles. The molecule has 4 nitrogen and oxygen atoms in total. The fraction of sp³-hybridized carbons (Fsp3) is 0.0833. The topological polar surface area (TPSA) is 54.9 Å². The first-order valence-electron chi connectivity index (χ1n) is 5.23. The van der Waals surface area contributed by atoms with Crippen LogP contribution in [0, 0.1) is 18.7 Å². The van der Waals surface area contributed by atoms with E-state index in [-0.39, 0.29) is 5.82 Å². The maximum Gasteiger partial charge on any atom is 0.260 e. The molecule has 0 spiro atoms. The normalized spacial score (nSPS) is 10.3. The quantitative estimate of drug-likeness (QED) is 0.862. The smallest absolute Gasteiger partial charge is 0.260 e. The highest BCUT2D eigenvalue weighted by atomic mass is 79.9. The zero-order valence-electron chi connectivity index (χ0n) is 9.75. The van der Waals surface area contributed by atoms with E-state index in [9.17, 15) is 13.6 Å². The maximum atomic E-state index is 13.4. The lowest BCUT2D eigenvalue weighted by Gasteiger charge is -2.06. The second-order valence-electron chi connectivity index (χ2n) is 3.68. The van der Waals surface area contributed by atoms with Crippen molar-refractivity contribution in [2.24, 2.45) is 0 Å². The van der Waals surface area contributed by atoms with Crippen LogP contribution in [0.1, 0.15) is 16.1 Å². The van der Waals surface area contributed by atoms with Gasteiger partial charge in [-0.1, -0.05) is 0 Å². The van der Waals surface area contributed by atoms with Gasteiger partial charge in [-0.2, -0.15) is 4.39 Å². The number of aromatic nitrogens is 2. The number of pyridine rings is 2. The van der Waals surface area contributed by atoms with E-state index in [4.69, 9.17) is 0 Å². The van der Waals surface area contributed by atoms with Crippen molar-refractivity contribution in [3.63, 3.8) is 0 Å². The number of hydrogen-bond donors (Lipinski definition) is 1. The third-order valence-electron chi connectivity index (χ3n) is 2.35. The fourth-order valence-electron chi connectivity index (χ4n) is 1.39. The van der Waals surface area contributed by atoms with Gasteiger partial charge < -0.3 is 5.32 Å². The standard InChI is InChI=1S/C12H8BrF2N3O/c1-6-8(13)2-3-9(17-6)18-12(19)7-4-5-16-11(15)10(7)14/h2-5H,1H3,(H,17,18,19). The highest BCUT2D eigenvalue weighted by Crippen LogP contribution is 2.17. The maximum absolute atomic E-state index is 13.4. The molecule has 2 aromatic heterocycles. The van der Waals surface area contributed by atoms with E-state index in [0.29, 0.717) is 5.69 Å². The van der Waals surface area contributed by atoms with Crippen molar-refractivity contribution in [1.29, 1.82) is 0 Å². The monoisotopic (exact) mass is 327 g/mol. The van der Waals surface area contributed by atoms with Crippen LogP contribution in [0.25, 0.3) is 0 Å². The van der Waals surface area contributed by atoms with E-state index in [1.807, 2.05) is 0 Å². The van der Waals surface area contributed by atoms with Gasteiger partial charge in [-0.15, -0.1) is 0 Å². The minimum atomic E-state index is -1.31. The first kappa shape index (κ1) is 13.5. The summed E-state index contributed by atoms with van der Waals surface area (Å²) in [5, 5.41) is 2.39. The Morgan fingerprint density at radius 1 is 1.32 bits per heavy atom. The molecule has 19 heavy (non-hydrogen) atoms. The molecule has 0 aliphatic heterocycles. The average Bonchev–Trinajstić information content (AvgIpc) is 2.37. The molecule has 0 aliphatic carbocycles.